The summed E-state index contributed by atoms with van der Waals surface area (Å²) in [5.41, 5.74) is 1.11. The predicted octanol–water partition coefficient (Wildman–Crippen LogP) is 3.15. The average Bonchev–Trinajstić information content (AvgIpc) is 2.65. The molecule has 1 heterocycles. The number of nitrogens with zero attached hydrogens (tertiary/aromatic N) is 1. The molecule has 0 aliphatic carbocycles. The molecule has 0 radical (unpaired) electrons. The van der Waals surface area contributed by atoms with E-state index in [2.05, 4.69) is 30.4 Å². The second-order valence-corrected chi connectivity index (χ2v) is 9.44. The highest BCUT2D eigenvalue weighted by atomic mass is 32.2. The van der Waals surface area contributed by atoms with Crippen LogP contribution in [-0.4, -0.2) is 38.0 Å². The Morgan fingerprint density at radius 1 is 1.15 bits per heavy atom. The Balaban J connectivity index is 1.59. The molecule has 3 rings (SSSR count). The largest absolute Gasteiger partial charge is 0.352 e. The first-order valence-electron chi connectivity index (χ1n) is 9.57. The first-order chi connectivity index (χ1) is 12.9. The molecule has 2 aromatic carbocycles. The van der Waals surface area contributed by atoms with Crippen molar-refractivity contribution >= 4 is 26.7 Å². The summed E-state index contributed by atoms with van der Waals surface area (Å²) in [6.45, 7) is 3.61. The van der Waals surface area contributed by atoms with Crippen LogP contribution in [-0.2, 0) is 21.4 Å². The van der Waals surface area contributed by atoms with Crippen LogP contribution in [0.25, 0.3) is 10.8 Å². The summed E-state index contributed by atoms with van der Waals surface area (Å²) in [4.78, 5) is 12.5. The summed E-state index contributed by atoms with van der Waals surface area (Å²) in [7, 11) is -3.16. The number of fused-ring (bicyclic) bond motifs is 1. The van der Waals surface area contributed by atoms with E-state index >= 15 is 0 Å². The van der Waals surface area contributed by atoms with E-state index in [4.69, 9.17) is 0 Å². The first-order valence-corrected chi connectivity index (χ1v) is 11.4. The van der Waals surface area contributed by atoms with Crippen LogP contribution in [0, 0.1) is 11.8 Å². The van der Waals surface area contributed by atoms with E-state index in [0.29, 0.717) is 26.1 Å². The minimum absolute atomic E-state index is 0.0409. The lowest BCUT2D eigenvalue weighted by molar-refractivity contribution is -0.122. The van der Waals surface area contributed by atoms with Crippen molar-refractivity contribution in [3.8, 4) is 0 Å². The molecule has 5 nitrogen and oxygen atoms in total. The number of piperidine rings is 1. The summed E-state index contributed by atoms with van der Waals surface area (Å²) in [6, 6.07) is 14.3. The third-order valence-electron chi connectivity index (χ3n) is 5.65. The molecule has 1 amide bonds. The van der Waals surface area contributed by atoms with Gasteiger partial charge in [-0.15, -0.1) is 0 Å². The van der Waals surface area contributed by atoms with Gasteiger partial charge in [0.2, 0.25) is 15.9 Å². The van der Waals surface area contributed by atoms with Crippen molar-refractivity contribution < 1.29 is 13.2 Å². The van der Waals surface area contributed by atoms with Crippen LogP contribution in [0.1, 0.15) is 31.7 Å². The molecule has 1 saturated heterocycles. The zero-order chi connectivity index (χ0) is 19.4. The van der Waals surface area contributed by atoms with Crippen LogP contribution in [0.5, 0.6) is 0 Å². The van der Waals surface area contributed by atoms with Crippen molar-refractivity contribution in [1.29, 1.82) is 0 Å². The fourth-order valence-corrected chi connectivity index (χ4v) is 4.93. The Kier molecular flexibility index (Phi) is 6.17. The Morgan fingerprint density at radius 2 is 1.89 bits per heavy atom. The van der Waals surface area contributed by atoms with Gasteiger partial charge in [-0.05, 0) is 34.6 Å². The molecule has 0 spiro atoms. The molecule has 1 N–H and O–H groups in total. The second kappa shape index (κ2) is 8.40. The zero-order valence-corrected chi connectivity index (χ0v) is 16.8. The molecule has 2 aromatic rings. The Hall–Kier alpha value is -1.92. The number of carbonyl (C=O) groups excluding carboxylic acids is 1. The van der Waals surface area contributed by atoms with E-state index in [1.165, 1.54) is 11.6 Å². The molecule has 2 atom stereocenters. The second-order valence-electron chi connectivity index (χ2n) is 7.46. The van der Waals surface area contributed by atoms with Gasteiger partial charge in [0.05, 0.1) is 6.26 Å². The molecule has 1 aliphatic heterocycles. The molecule has 146 valence electrons. The summed E-state index contributed by atoms with van der Waals surface area (Å²) in [5, 5.41) is 5.38. The van der Waals surface area contributed by atoms with Crippen molar-refractivity contribution in [2.75, 3.05) is 19.3 Å². The van der Waals surface area contributed by atoms with Crippen molar-refractivity contribution in [1.82, 2.24) is 9.62 Å². The molecule has 0 bridgehead atoms. The SMILES string of the molecule is CCC1CN(S(C)(=O)=O)CCC1CC(=O)NCc1cccc2ccccc12. The van der Waals surface area contributed by atoms with Gasteiger partial charge in [-0.25, -0.2) is 12.7 Å². The van der Waals surface area contributed by atoms with Crippen molar-refractivity contribution in [2.24, 2.45) is 11.8 Å². The number of hydrogen-bond donors (Lipinski definition) is 1. The van der Waals surface area contributed by atoms with Gasteiger partial charge in [0.15, 0.2) is 0 Å². The lowest BCUT2D eigenvalue weighted by Gasteiger charge is -2.36. The van der Waals surface area contributed by atoms with E-state index in [1.807, 2.05) is 24.3 Å². The molecule has 1 aliphatic rings. The van der Waals surface area contributed by atoms with E-state index in [9.17, 15) is 13.2 Å². The van der Waals surface area contributed by atoms with Crippen LogP contribution in [0.15, 0.2) is 42.5 Å². The maximum Gasteiger partial charge on any atom is 0.220 e. The molecule has 0 aromatic heterocycles. The highest BCUT2D eigenvalue weighted by Gasteiger charge is 2.33. The summed E-state index contributed by atoms with van der Waals surface area (Å²) in [6.07, 6.45) is 3.35. The minimum atomic E-state index is -3.16. The number of carbonyl (C=O) groups is 1. The van der Waals surface area contributed by atoms with Gasteiger partial charge in [0.1, 0.15) is 0 Å². The monoisotopic (exact) mass is 388 g/mol. The minimum Gasteiger partial charge on any atom is -0.352 e. The van der Waals surface area contributed by atoms with Crippen molar-refractivity contribution in [2.45, 2.75) is 32.7 Å². The zero-order valence-electron chi connectivity index (χ0n) is 16.0. The van der Waals surface area contributed by atoms with E-state index < -0.39 is 10.0 Å². The fourth-order valence-electron chi connectivity index (χ4n) is 4.03. The predicted molar refractivity (Wildman–Crippen MR) is 109 cm³/mol. The highest BCUT2D eigenvalue weighted by molar-refractivity contribution is 7.88. The number of hydrogen-bond acceptors (Lipinski definition) is 3. The summed E-state index contributed by atoms with van der Waals surface area (Å²) >= 11 is 0. The first kappa shape index (κ1) is 19.8. The number of sulfonamides is 1. The van der Waals surface area contributed by atoms with E-state index in [0.717, 1.165) is 23.8 Å². The van der Waals surface area contributed by atoms with E-state index in [-0.39, 0.29) is 17.7 Å². The molecule has 27 heavy (non-hydrogen) atoms. The maximum absolute atomic E-state index is 12.5. The number of nitrogens with one attached hydrogen (secondary N) is 1. The third-order valence-corrected chi connectivity index (χ3v) is 6.92. The van der Waals surface area contributed by atoms with Crippen LogP contribution < -0.4 is 5.32 Å². The van der Waals surface area contributed by atoms with Crippen LogP contribution in [0.4, 0.5) is 0 Å². The van der Waals surface area contributed by atoms with Gasteiger partial charge in [-0.3, -0.25) is 4.79 Å². The van der Waals surface area contributed by atoms with Gasteiger partial charge < -0.3 is 5.32 Å². The van der Waals surface area contributed by atoms with Gasteiger partial charge in [0, 0.05) is 26.1 Å². The van der Waals surface area contributed by atoms with Gasteiger partial charge in [-0.2, -0.15) is 0 Å². The quantitative estimate of drug-likeness (QED) is 0.827. The van der Waals surface area contributed by atoms with Crippen LogP contribution in [0.3, 0.4) is 0 Å². The normalized spacial score (nSPS) is 21.3. The Labute approximate surface area is 161 Å². The molecule has 1 fully saturated rings. The van der Waals surface area contributed by atoms with Crippen LogP contribution in [0.2, 0.25) is 0 Å². The third kappa shape index (κ3) is 4.87. The summed E-state index contributed by atoms with van der Waals surface area (Å²) < 4.78 is 25.1. The van der Waals surface area contributed by atoms with Crippen molar-refractivity contribution in [3.63, 3.8) is 0 Å². The molecule has 2 unspecified atom stereocenters. The average molecular weight is 389 g/mol. The number of amides is 1. The lowest BCUT2D eigenvalue weighted by atomic mass is 9.82. The molecule has 6 heteroatoms. The number of benzene rings is 2. The van der Waals surface area contributed by atoms with Crippen LogP contribution >= 0.6 is 0 Å². The lowest BCUT2D eigenvalue weighted by Crippen LogP contribution is -2.44. The number of rotatable bonds is 6. The van der Waals surface area contributed by atoms with E-state index in [1.54, 1.807) is 4.31 Å². The Morgan fingerprint density at radius 3 is 2.63 bits per heavy atom. The summed E-state index contributed by atoms with van der Waals surface area (Å²) in [5.74, 6) is 0.511. The Bertz CT molecular complexity index is 905. The van der Waals surface area contributed by atoms with Gasteiger partial charge >= 0.3 is 0 Å². The molecule has 0 saturated carbocycles. The smallest absolute Gasteiger partial charge is 0.220 e. The molecular formula is C21H28N2O3S. The topological polar surface area (TPSA) is 66.5 Å². The van der Waals surface area contributed by atoms with Gasteiger partial charge in [-0.1, -0.05) is 55.8 Å². The van der Waals surface area contributed by atoms with Gasteiger partial charge in [0.25, 0.3) is 0 Å². The van der Waals surface area contributed by atoms with Crippen molar-refractivity contribution in [3.05, 3.63) is 48.0 Å². The highest BCUT2D eigenvalue weighted by Crippen LogP contribution is 2.30. The standard InChI is InChI=1S/C21H28N2O3S/c1-3-16-15-23(27(2,25)26)12-11-18(16)13-21(24)22-14-19-9-6-8-17-7-4-5-10-20(17)19/h4-10,16,18H,3,11-15H2,1-2H3,(H,22,24). The fraction of sp³-hybridized carbons (Fsp3) is 0.476. The molecular weight excluding hydrogens is 360 g/mol. The maximum atomic E-state index is 12.5.